The van der Waals surface area contributed by atoms with Crippen LogP contribution in [0.5, 0.6) is 5.75 Å². The van der Waals surface area contributed by atoms with Crippen LogP contribution in [-0.4, -0.2) is 36.5 Å². The van der Waals surface area contributed by atoms with Crippen LogP contribution in [0.2, 0.25) is 0 Å². The zero-order valence-corrected chi connectivity index (χ0v) is 25.0. The quantitative estimate of drug-likeness (QED) is 0.226. The van der Waals surface area contributed by atoms with Gasteiger partial charge in [0.25, 0.3) is 11.5 Å². The predicted molar refractivity (Wildman–Crippen MR) is 174 cm³/mol. The summed E-state index contributed by atoms with van der Waals surface area (Å²) in [5.41, 5.74) is 9.76. The van der Waals surface area contributed by atoms with E-state index in [2.05, 4.69) is 20.3 Å². The lowest BCUT2D eigenvalue weighted by Crippen LogP contribution is -2.34. The Balaban J connectivity index is 1.38. The number of anilines is 1. The molecule has 0 bridgehead atoms. The fraction of sp³-hybridized carbons (Fsp3) is 0.143. The van der Waals surface area contributed by atoms with Crippen molar-refractivity contribution in [3.05, 3.63) is 125 Å². The number of carbonyl (C=O) groups excluding carboxylic acids is 1. The average molecular weight is 598 g/mol. The summed E-state index contributed by atoms with van der Waals surface area (Å²) in [6.07, 6.45) is 4.93. The Morgan fingerprint density at radius 2 is 1.60 bits per heavy atom. The smallest absolute Gasteiger partial charge is 0.274 e. The number of rotatable bonds is 8. The van der Waals surface area contributed by atoms with Gasteiger partial charge in [0.05, 0.1) is 40.6 Å². The Kier molecular flexibility index (Phi) is 8.03. The fourth-order valence-electron chi connectivity index (χ4n) is 5.15. The van der Waals surface area contributed by atoms with Gasteiger partial charge < -0.3 is 15.8 Å². The van der Waals surface area contributed by atoms with E-state index in [0.29, 0.717) is 28.1 Å². The number of carbonyl (C=O) groups is 1. The van der Waals surface area contributed by atoms with Gasteiger partial charge in [-0.15, -0.1) is 0 Å². The van der Waals surface area contributed by atoms with E-state index in [0.717, 1.165) is 22.4 Å². The lowest BCUT2D eigenvalue weighted by atomic mass is 10.0. The van der Waals surface area contributed by atoms with Gasteiger partial charge in [-0.25, -0.2) is 15.0 Å². The maximum atomic E-state index is 14.3. The van der Waals surface area contributed by atoms with Gasteiger partial charge in [0.15, 0.2) is 11.5 Å². The summed E-state index contributed by atoms with van der Waals surface area (Å²) in [5.74, 6) is 0.511. The number of nitrogens with two attached hydrogens (primary N) is 1. The third kappa shape index (κ3) is 5.98. The summed E-state index contributed by atoms with van der Waals surface area (Å²) in [6.45, 7) is 5.67. The molecule has 0 aliphatic heterocycles. The molecule has 0 radical (unpaired) electrons. The lowest BCUT2D eigenvalue weighted by molar-refractivity contribution is 0.0933. The molecule has 0 spiro atoms. The SMILES string of the molecule is CC(C)Oc1ccc(-c2cnc(N)c(C(=O)N[C@H](C)c3nc4cccc(-c5ccncc5)c4c(=O)n3-c3ccccc3)n2)cc1. The molecule has 224 valence electrons. The minimum absolute atomic E-state index is 0.0166. The van der Waals surface area contributed by atoms with Crippen molar-refractivity contribution in [1.82, 2.24) is 29.8 Å². The summed E-state index contributed by atoms with van der Waals surface area (Å²) in [4.78, 5) is 45.7. The Morgan fingerprint density at radius 3 is 2.31 bits per heavy atom. The van der Waals surface area contributed by atoms with Crippen LogP contribution in [0.4, 0.5) is 5.82 Å². The molecule has 0 saturated carbocycles. The molecule has 3 heterocycles. The number of hydrogen-bond donors (Lipinski definition) is 2. The van der Waals surface area contributed by atoms with E-state index in [1.165, 1.54) is 10.8 Å². The minimum Gasteiger partial charge on any atom is -0.491 e. The number of aromatic nitrogens is 5. The van der Waals surface area contributed by atoms with Crippen LogP contribution in [0.25, 0.3) is 39.0 Å². The third-order valence-electron chi connectivity index (χ3n) is 7.20. The maximum absolute atomic E-state index is 14.3. The first kappa shape index (κ1) is 29.2. The van der Waals surface area contributed by atoms with E-state index >= 15 is 0 Å². The molecule has 0 aliphatic rings. The van der Waals surface area contributed by atoms with E-state index in [1.807, 2.05) is 92.7 Å². The van der Waals surface area contributed by atoms with Crippen molar-refractivity contribution in [2.24, 2.45) is 0 Å². The van der Waals surface area contributed by atoms with E-state index in [-0.39, 0.29) is 23.2 Å². The van der Waals surface area contributed by atoms with Crippen LogP contribution in [0.3, 0.4) is 0 Å². The minimum atomic E-state index is -0.711. The largest absolute Gasteiger partial charge is 0.491 e. The average Bonchev–Trinajstić information content (AvgIpc) is 3.05. The Labute approximate surface area is 259 Å². The molecule has 1 amide bonds. The van der Waals surface area contributed by atoms with Crippen LogP contribution in [0, 0.1) is 0 Å². The number of benzene rings is 3. The molecule has 6 rings (SSSR count). The molecule has 0 aliphatic carbocycles. The number of ether oxygens (including phenoxy) is 1. The first-order valence-electron chi connectivity index (χ1n) is 14.5. The molecule has 45 heavy (non-hydrogen) atoms. The second kappa shape index (κ2) is 12.4. The Hall–Kier alpha value is -5.90. The van der Waals surface area contributed by atoms with Crippen molar-refractivity contribution in [3.63, 3.8) is 0 Å². The van der Waals surface area contributed by atoms with Gasteiger partial charge in [-0.1, -0.05) is 30.3 Å². The van der Waals surface area contributed by atoms with Crippen molar-refractivity contribution in [1.29, 1.82) is 0 Å². The summed E-state index contributed by atoms with van der Waals surface area (Å²) in [5, 5.41) is 3.40. The third-order valence-corrected chi connectivity index (χ3v) is 7.20. The molecule has 10 heteroatoms. The van der Waals surface area contributed by atoms with E-state index < -0.39 is 11.9 Å². The van der Waals surface area contributed by atoms with E-state index in [9.17, 15) is 9.59 Å². The van der Waals surface area contributed by atoms with Crippen molar-refractivity contribution in [2.45, 2.75) is 32.9 Å². The zero-order valence-electron chi connectivity index (χ0n) is 25.0. The summed E-state index contributed by atoms with van der Waals surface area (Å²) in [7, 11) is 0. The Bertz CT molecular complexity index is 2050. The monoisotopic (exact) mass is 597 g/mol. The van der Waals surface area contributed by atoms with Crippen molar-refractivity contribution < 1.29 is 9.53 Å². The van der Waals surface area contributed by atoms with Crippen LogP contribution < -0.4 is 21.3 Å². The molecule has 3 aromatic carbocycles. The van der Waals surface area contributed by atoms with Gasteiger partial charge in [0, 0.05) is 18.0 Å². The second-order valence-corrected chi connectivity index (χ2v) is 10.8. The van der Waals surface area contributed by atoms with Gasteiger partial charge in [-0.2, -0.15) is 0 Å². The highest BCUT2D eigenvalue weighted by atomic mass is 16.5. The Morgan fingerprint density at radius 1 is 0.867 bits per heavy atom. The first-order chi connectivity index (χ1) is 21.8. The number of amides is 1. The standard InChI is InChI=1S/C35H31N7O3/c1-21(2)45-26-14-12-24(13-15-26)29-20-38-32(36)31(40-29)34(43)39-22(3)33-41-28-11-7-10-27(23-16-18-37-19-17-23)30(28)35(44)42(33)25-8-5-4-6-9-25/h4-22H,1-3H3,(H2,36,38)(H,39,43)/t22-/m1/s1. The number of nitrogen functional groups attached to an aromatic ring is 1. The van der Waals surface area contributed by atoms with Gasteiger partial charge in [0.1, 0.15) is 11.6 Å². The summed E-state index contributed by atoms with van der Waals surface area (Å²) < 4.78 is 7.26. The van der Waals surface area contributed by atoms with Crippen molar-refractivity contribution in [2.75, 3.05) is 5.73 Å². The molecule has 3 N–H and O–H groups in total. The predicted octanol–water partition coefficient (Wildman–Crippen LogP) is 5.77. The molecule has 1 atom stereocenters. The molecule has 10 nitrogen and oxygen atoms in total. The van der Waals surface area contributed by atoms with Gasteiger partial charge >= 0.3 is 0 Å². The van der Waals surface area contributed by atoms with E-state index in [4.69, 9.17) is 15.5 Å². The van der Waals surface area contributed by atoms with Crippen LogP contribution in [0.15, 0.2) is 108 Å². The van der Waals surface area contributed by atoms with Gasteiger partial charge in [0.2, 0.25) is 0 Å². The summed E-state index contributed by atoms with van der Waals surface area (Å²) in [6, 6.07) is 25.1. The number of hydrogen-bond acceptors (Lipinski definition) is 8. The van der Waals surface area contributed by atoms with Crippen molar-refractivity contribution in [3.8, 4) is 33.8 Å². The van der Waals surface area contributed by atoms with Gasteiger partial charge in [-0.3, -0.25) is 19.1 Å². The number of nitrogens with one attached hydrogen (secondary N) is 1. The lowest BCUT2D eigenvalue weighted by Gasteiger charge is -2.20. The molecule has 0 fully saturated rings. The van der Waals surface area contributed by atoms with Crippen molar-refractivity contribution >= 4 is 22.6 Å². The number of nitrogens with zero attached hydrogens (tertiary/aromatic N) is 5. The van der Waals surface area contributed by atoms with Crippen LogP contribution >= 0.6 is 0 Å². The maximum Gasteiger partial charge on any atom is 0.274 e. The highest BCUT2D eigenvalue weighted by Crippen LogP contribution is 2.28. The second-order valence-electron chi connectivity index (χ2n) is 10.8. The number of para-hydroxylation sites is 1. The van der Waals surface area contributed by atoms with Crippen LogP contribution in [-0.2, 0) is 0 Å². The normalized spacial score (nSPS) is 11.8. The zero-order chi connectivity index (χ0) is 31.5. The number of fused-ring (bicyclic) bond motifs is 1. The molecular weight excluding hydrogens is 566 g/mol. The highest BCUT2D eigenvalue weighted by Gasteiger charge is 2.23. The molecule has 0 saturated heterocycles. The van der Waals surface area contributed by atoms with Gasteiger partial charge in [-0.05, 0) is 86.5 Å². The summed E-state index contributed by atoms with van der Waals surface area (Å²) >= 11 is 0. The van der Waals surface area contributed by atoms with Crippen LogP contribution in [0.1, 0.15) is 43.1 Å². The topological polar surface area (TPSA) is 138 Å². The first-order valence-corrected chi connectivity index (χ1v) is 14.5. The molecule has 0 unspecified atom stereocenters. The highest BCUT2D eigenvalue weighted by molar-refractivity contribution is 5.97. The molecule has 3 aromatic heterocycles. The fourth-order valence-corrected chi connectivity index (χ4v) is 5.15. The number of pyridine rings is 1. The van der Waals surface area contributed by atoms with E-state index in [1.54, 1.807) is 25.4 Å². The molecule has 6 aromatic rings. The molecular formula is C35H31N7O3.